The molecule has 1 aliphatic heterocycles. The Balaban J connectivity index is 0.000000672. The number of pyridine rings is 1. The third kappa shape index (κ3) is 7.51. The van der Waals surface area contributed by atoms with Gasteiger partial charge >= 0.3 is 0 Å². The molecule has 1 fully saturated rings. The highest BCUT2D eigenvalue weighted by Gasteiger charge is 2.21. The molecule has 0 radical (unpaired) electrons. The Hall–Kier alpha value is -3.47. The van der Waals surface area contributed by atoms with E-state index in [-0.39, 0.29) is 12.9 Å². The molecule has 0 saturated carbocycles. The number of aryl methyl sites for hydroxylation is 1. The predicted octanol–water partition coefficient (Wildman–Crippen LogP) is 0.163. The van der Waals surface area contributed by atoms with Gasteiger partial charge in [0, 0.05) is 64.3 Å². The fourth-order valence-corrected chi connectivity index (χ4v) is 3.13. The number of rotatable bonds is 6. The predicted molar refractivity (Wildman–Crippen MR) is 110 cm³/mol. The molecule has 4 N–H and O–H groups in total. The number of nitrogens with zero attached hydrogens (tertiary/aromatic N) is 5. The molecule has 1 aliphatic rings. The first-order valence-corrected chi connectivity index (χ1v) is 9.40. The number of primary amides is 1. The van der Waals surface area contributed by atoms with Crippen molar-refractivity contribution in [3.63, 3.8) is 0 Å². The highest BCUT2D eigenvalue weighted by atomic mass is 16.3. The van der Waals surface area contributed by atoms with Gasteiger partial charge in [0.05, 0.1) is 5.56 Å². The van der Waals surface area contributed by atoms with Crippen LogP contribution in [0.5, 0.6) is 0 Å². The van der Waals surface area contributed by atoms with Gasteiger partial charge < -0.3 is 25.4 Å². The lowest BCUT2D eigenvalue weighted by molar-refractivity contribution is -0.123. The van der Waals surface area contributed by atoms with Crippen LogP contribution in [0.2, 0.25) is 0 Å². The van der Waals surface area contributed by atoms with E-state index in [2.05, 4.69) is 31.3 Å². The molecule has 11 nitrogen and oxygen atoms in total. The fraction of sp³-hybridized carbons (Fsp3) is 0.421. The second-order valence-electron chi connectivity index (χ2n) is 6.17. The van der Waals surface area contributed by atoms with E-state index >= 15 is 0 Å². The maximum absolute atomic E-state index is 11.6. The number of anilines is 1. The van der Waals surface area contributed by atoms with Crippen molar-refractivity contribution in [3.8, 4) is 0 Å². The number of piperazine rings is 1. The average Bonchev–Trinajstić information content (AvgIpc) is 3.21. The molecule has 30 heavy (non-hydrogen) atoms. The molecule has 0 unspecified atom stereocenters. The summed E-state index contributed by atoms with van der Waals surface area (Å²) in [6.45, 7) is 7.18. The summed E-state index contributed by atoms with van der Waals surface area (Å²) in [5.41, 5.74) is 5.95. The molecule has 11 heteroatoms. The number of hydrogen-bond acceptors (Lipinski definition) is 7. The Morgan fingerprint density at radius 3 is 2.30 bits per heavy atom. The Morgan fingerprint density at radius 1 is 1.10 bits per heavy atom. The Kier molecular flexibility index (Phi) is 11.2. The highest BCUT2D eigenvalue weighted by Crippen LogP contribution is 2.18. The van der Waals surface area contributed by atoms with E-state index in [0.717, 1.165) is 51.5 Å². The Morgan fingerprint density at radius 2 is 1.73 bits per heavy atom. The van der Waals surface area contributed by atoms with Gasteiger partial charge in [-0.25, -0.2) is 9.97 Å². The minimum Gasteiger partial charge on any atom is -0.483 e. The van der Waals surface area contributed by atoms with Gasteiger partial charge in [0.15, 0.2) is 0 Å². The van der Waals surface area contributed by atoms with Gasteiger partial charge in [0.1, 0.15) is 11.6 Å². The molecule has 0 aromatic carbocycles. The number of carboxylic acid groups (broad SMARTS) is 2. The average molecular weight is 420 g/mol. The molecule has 0 spiro atoms. The van der Waals surface area contributed by atoms with Gasteiger partial charge in [-0.3, -0.25) is 19.3 Å². The first-order valence-electron chi connectivity index (χ1n) is 9.40. The van der Waals surface area contributed by atoms with Crippen molar-refractivity contribution < 1.29 is 24.6 Å². The van der Waals surface area contributed by atoms with Gasteiger partial charge in [-0.2, -0.15) is 0 Å². The van der Waals surface area contributed by atoms with Crippen LogP contribution in [-0.4, -0.2) is 81.2 Å². The van der Waals surface area contributed by atoms with Crippen molar-refractivity contribution in [3.05, 3.63) is 42.1 Å². The van der Waals surface area contributed by atoms with E-state index in [1.807, 2.05) is 12.4 Å². The lowest BCUT2D eigenvalue weighted by Gasteiger charge is -2.36. The number of carbonyl (C=O) groups is 3. The summed E-state index contributed by atoms with van der Waals surface area (Å²) in [4.78, 5) is 41.6. The monoisotopic (exact) mass is 420 g/mol. The van der Waals surface area contributed by atoms with E-state index in [1.165, 1.54) is 0 Å². The Labute approximate surface area is 174 Å². The lowest BCUT2D eigenvalue weighted by atomic mass is 10.2. The zero-order valence-electron chi connectivity index (χ0n) is 16.9. The van der Waals surface area contributed by atoms with Crippen LogP contribution in [0.15, 0.2) is 30.7 Å². The number of aromatic nitrogens is 3. The Bertz CT molecular complexity index is 783. The lowest BCUT2D eigenvalue weighted by Crippen LogP contribution is -2.48. The van der Waals surface area contributed by atoms with Crippen LogP contribution < -0.4 is 10.6 Å². The summed E-state index contributed by atoms with van der Waals surface area (Å²) in [6, 6.07) is 3.48. The topological polar surface area (TPSA) is 155 Å². The molecule has 2 aromatic heterocycles. The third-order valence-corrected chi connectivity index (χ3v) is 4.50. The third-order valence-electron chi connectivity index (χ3n) is 4.50. The molecule has 164 valence electrons. The van der Waals surface area contributed by atoms with Crippen molar-refractivity contribution in [2.45, 2.75) is 19.9 Å². The molecule has 3 rings (SSSR count). The fourth-order valence-electron chi connectivity index (χ4n) is 3.13. The van der Waals surface area contributed by atoms with Crippen molar-refractivity contribution in [2.75, 3.05) is 37.6 Å². The normalized spacial score (nSPS) is 13.3. The summed E-state index contributed by atoms with van der Waals surface area (Å²) >= 11 is 0. The number of amides is 1. The van der Waals surface area contributed by atoms with Gasteiger partial charge in [0.2, 0.25) is 0 Å². The van der Waals surface area contributed by atoms with Gasteiger partial charge in [-0.1, -0.05) is 6.92 Å². The second-order valence-corrected chi connectivity index (χ2v) is 6.17. The number of imidazole rings is 1. The SMILES string of the molecule is CCc1nccn1CCN1CCN(c2ncccc2C(N)=O)CC1.O=CO.O=CO. The summed E-state index contributed by atoms with van der Waals surface area (Å²) in [6.07, 6.45) is 6.57. The highest BCUT2D eigenvalue weighted by molar-refractivity contribution is 5.97. The van der Waals surface area contributed by atoms with E-state index < -0.39 is 5.91 Å². The van der Waals surface area contributed by atoms with Crippen LogP contribution in [0.3, 0.4) is 0 Å². The molecule has 2 aromatic rings. The number of hydrogen-bond donors (Lipinski definition) is 3. The number of carbonyl (C=O) groups excluding carboxylic acids is 1. The summed E-state index contributed by atoms with van der Waals surface area (Å²) in [5, 5.41) is 13.8. The van der Waals surface area contributed by atoms with Crippen LogP contribution in [0.25, 0.3) is 0 Å². The zero-order chi connectivity index (χ0) is 22.4. The summed E-state index contributed by atoms with van der Waals surface area (Å²) in [5.74, 6) is 1.41. The van der Waals surface area contributed by atoms with Gasteiger partial charge in [0.25, 0.3) is 18.9 Å². The van der Waals surface area contributed by atoms with Crippen molar-refractivity contribution in [2.24, 2.45) is 5.73 Å². The van der Waals surface area contributed by atoms with Gasteiger partial charge in [-0.05, 0) is 12.1 Å². The standard InChI is InChI=1S/C17H24N6O.2CH2O2/c1-2-15-19-6-7-22(15)11-8-21-9-12-23(13-10-21)17-14(16(18)24)4-3-5-20-17;2*2-1-3/h3-7H,2,8-13H2,1H3,(H2,18,24);2*1H,(H,2,3). The molecule has 0 aliphatic carbocycles. The minimum absolute atomic E-state index is 0.250. The van der Waals surface area contributed by atoms with Crippen LogP contribution in [0.1, 0.15) is 23.1 Å². The van der Waals surface area contributed by atoms with Crippen molar-refractivity contribution in [1.82, 2.24) is 19.4 Å². The number of nitrogens with two attached hydrogens (primary N) is 1. The van der Waals surface area contributed by atoms with E-state index in [0.29, 0.717) is 11.4 Å². The second kappa shape index (κ2) is 13.7. The van der Waals surface area contributed by atoms with E-state index in [4.69, 9.17) is 25.5 Å². The van der Waals surface area contributed by atoms with Crippen LogP contribution in [-0.2, 0) is 22.6 Å². The molecular weight excluding hydrogens is 392 g/mol. The first kappa shape index (κ1) is 24.6. The van der Waals surface area contributed by atoms with Crippen LogP contribution >= 0.6 is 0 Å². The largest absolute Gasteiger partial charge is 0.483 e. The van der Waals surface area contributed by atoms with Gasteiger partial charge in [-0.15, -0.1) is 0 Å². The maximum atomic E-state index is 11.6. The van der Waals surface area contributed by atoms with Crippen LogP contribution in [0, 0.1) is 0 Å². The molecular formula is C19H28N6O5. The van der Waals surface area contributed by atoms with E-state index in [1.54, 1.807) is 18.3 Å². The van der Waals surface area contributed by atoms with E-state index in [9.17, 15) is 4.79 Å². The molecule has 0 atom stereocenters. The minimum atomic E-state index is -0.423. The summed E-state index contributed by atoms with van der Waals surface area (Å²) < 4.78 is 2.22. The van der Waals surface area contributed by atoms with Crippen molar-refractivity contribution >= 4 is 24.7 Å². The molecule has 1 amide bonds. The van der Waals surface area contributed by atoms with Crippen LogP contribution in [0.4, 0.5) is 5.82 Å². The smallest absolute Gasteiger partial charge is 0.290 e. The quantitative estimate of drug-likeness (QED) is 0.554. The molecule has 0 bridgehead atoms. The zero-order valence-corrected chi connectivity index (χ0v) is 16.9. The molecule has 1 saturated heterocycles. The van der Waals surface area contributed by atoms with Crippen molar-refractivity contribution in [1.29, 1.82) is 0 Å². The summed E-state index contributed by atoms with van der Waals surface area (Å²) in [7, 11) is 0. The molecule has 3 heterocycles. The maximum Gasteiger partial charge on any atom is 0.290 e. The first-order chi connectivity index (χ1) is 14.5.